The number of carbonyl (C=O) groups is 2. The third-order valence-electron chi connectivity index (χ3n) is 5.19. The molecule has 2 N–H and O–H groups in total. The fourth-order valence-electron chi connectivity index (χ4n) is 3.77. The van der Waals surface area contributed by atoms with E-state index in [1.807, 2.05) is 19.1 Å². The van der Waals surface area contributed by atoms with Crippen molar-refractivity contribution >= 4 is 17.5 Å². The molecule has 2 heterocycles. The number of aliphatic hydroxyl groups is 1. The summed E-state index contributed by atoms with van der Waals surface area (Å²) in [7, 11) is 0. The van der Waals surface area contributed by atoms with E-state index in [0.717, 1.165) is 18.7 Å². The number of β-amino-alcohol motifs (C(OH)–C–C–N with tert-alkyl or cyclic N) is 1. The minimum Gasteiger partial charge on any atom is -0.391 e. The molecule has 0 aliphatic carbocycles. The van der Waals surface area contributed by atoms with Gasteiger partial charge in [-0.1, -0.05) is 12.1 Å². The highest BCUT2D eigenvalue weighted by Gasteiger charge is 2.37. The molecule has 136 valence electrons. The maximum Gasteiger partial charge on any atom is 0.243 e. The minimum atomic E-state index is -0.631. The second-order valence-electron chi connectivity index (χ2n) is 7.10. The van der Waals surface area contributed by atoms with Crippen LogP contribution in [0.3, 0.4) is 0 Å². The van der Waals surface area contributed by atoms with E-state index in [1.54, 1.807) is 0 Å². The molecular formula is C19H27N3O3. The lowest BCUT2D eigenvalue weighted by Gasteiger charge is -2.25. The first-order valence-corrected chi connectivity index (χ1v) is 9.06. The normalized spacial score (nSPS) is 24.4. The molecule has 6 nitrogen and oxygen atoms in total. The van der Waals surface area contributed by atoms with Crippen molar-refractivity contribution in [1.82, 2.24) is 10.2 Å². The molecule has 25 heavy (non-hydrogen) atoms. The Balaban J connectivity index is 1.67. The molecule has 0 bridgehead atoms. The highest BCUT2D eigenvalue weighted by Crippen LogP contribution is 2.25. The van der Waals surface area contributed by atoms with Crippen molar-refractivity contribution in [1.29, 1.82) is 0 Å². The van der Waals surface area contributed by atoms with E-state index in [1.165, 1.54) is 30.4 Å². The number of nitrogens with one attached hydrogen (secondary N) is 1. The number of nitrogens with zero attached hydrogens (tertiary/aromatic N) is 2. The molecule has 0 aromatic heterocycles. The molecule has 1 aromatic carbocycles. The minimum absolute atomic E-state index is 0.151. The summed E-state index contributed by atoms with van der Waals surface area (Å²) in [4.78, 5) is 28.1. The number of rotatable bonds is 4. The Hall–Kier alpha value is -2.08. The number of benzene rings is 1. The topological polar surface area (TPSA) is 72.9 Å². The van der Waals surface area contributed by atoms with Crippen LogP contribution in [0.25, 0.3) is 0 Å². The van der Waals surface area contributed by atoms with Gasteiger partial charge in [-0.2, -0.15) is 0 Å². The first-order chi connectivity index (χ1) is 12.0. The number of anilines is 1. The van der Waals surface area contributed by atoms with Crippen LogP contribution in [0.1, 0.15) is 44.7 Å². The molecule has 3 rings (SSSR count). The zero-order chi connectivity index (χ0) is 18.0. The van der Waals surface area contributed by atoms with Gasteiger partial charge in [0.1, 0.15) is 6.04 Å². The molecule has 2 aliphatic heterocycles. The van der Waals surface area contributed by atoms with Crippen molar-refractivity contribution in [3.63, 3.8) is 0 Å². The van der Waals surface area contributed by atoms with E-state index in [9.17, 15) is 14.7 Å². The smallest absolute Gasteiger partial charge is 0.243 e. The summed E-state index contributed by atoms with van der Waals surface area (Å²) in [6, 6.07) is 7.53. The third-order valence-corrected chi connectivity index (χ3v) is 5.19. The Labute approximate surface area is 148 Å². The third kappa shape index (κ3) is 3.95. The van der Waals surface area contributed by atoms with Gasteiger partial charge in [0.15, 0.2) is 0 Å². The SMILES string of the molecule is CC(=O)N1C[C@@H](O)C[C@@H]1C(=O)N[C@H](C)c1cccc(N2CCCC2)c1. The molecule has 0 radical (unpaired) electrons. The van der Waals surface area contributed by atoms with Crippen molar-refractivity contribution in [2.24, 2.45) is 0 Å². The van der Waals surface area contributed by atoms with Gasteiger partial charge >= 0.3 is 0 Å². The van der Waals surface area contributed by atoms with Crippen LogP contribution in [0.15, 0.2) is 24.3 Å². The number of hydrogen-bond acceptors (Lipinski definition) is 4. The number of amides is 2. The molecule has 2 fully saturated rings. The van der Waals surface area contributed by atoms with Crippen LogP contribution < -0.4 is 10.2 Å². The van der Waals surface area contributed by atoms with Crippen LogP contribution in [0, 0.1) is 0 Å². The van der Waals surface area contributed by atoms with Crippen molar-refractivity contribution in [3.05, 3.63) is 29.8 Å². The lowest BCUT2D eigenvalue weighted by molar-refractivity contribution is -0.137. The van der Waals surface area contributed by atoms with E-state index in [-0.39, 0.29) is 24.4 Å². The Morgan fingerprint density at radius 3 is 2.68 bits per heavy atom. The average Bonchev–Trinajstić information content (AvgIpc) is 3.24. The van der Waals surface area contributed by atoms with Crippen LogP contribution in [0.2, 0.25) is 0 Å². The Morgan fingerprint density at radius 2 is 2.00 bits per heavy atom. The number of hydrogen-bond donors (Lipinski definition) is 2. The highest BCUT2D eigenvalue weighted by atomic mass is 16.3. The summed E-state index contributed by atoms with van der Waals surface area (Å²) in [6.45, 7) is 5.77. The lowest BCUT2D eigenvalue weighted by Crippen LogP contribution is -2.45. The predicted molar refractivity (Wildman–Crippen MR) is 96.2 cm³/mol. The summed E-state index contributed by atoms with van der Waals surface area (Å²) in [5, 5.41) is 12.8. The van der Waals surface area contributed by atoms with Gasteiger partial charge in [-0.25, -0.2) is 0 Å². The van der Waals surface area contributed by atoms with E-state index >= 15 is 0 Å². The summed E-state index contributed by atoms with van der Waals surface area (Å²) in [5.41, 5.74) is 2.24. The van der Waals surface area contributed by atoms with Crippen molar-refractivity contribution in [2.75, 3.05) is 24.5 Å². The van der Waals surface area contributed by atoms with E-state index < -0.39 is 12.1 Å². The van der Waals surface area contributed by atoms with Gasteiger partial charge in [-0.3, -0.25) is 9.59 Å². The molecule has 0 unspecified atom stereocenters. The number of likely N-dealkylation sites (tertiary alicyclic amines) is 1. The molecule has 1 aromatic rings. The van der Waals surface area contributed by atoms with Crippen molar-refractivity contribution in [3.8, 4) is 0 Å². The molecule has 0 spiro atoms. The van der Waals surface area contributed by atoms with Crippen LogP contribution in [-0.4, -0.2) is 53.6 Å². The van der Waals surface area contributed by atoms with Gasteiger partial charge in [-0.15, -0.1) is 0 Å². The number of aliphatic hydroxyl groups excluding tert-OH is 1. The van der Waals surface area contributed by atoms with E-state index in [2.05, 4.69) is 22.3 Å². The molecular weight excluding hydrogens is 318 g/mol. The first-order valence-electron chi connectivity index (χ1n) is 9.06. The summed E-state index contributed by atoms with van der Waals surface area (Å²) < 4.78 is 0. The van der Waals surface area contributed by atoms with E-state index in [0.29, 0.717) is 6.42 Å². The van der Waals surface area contributed by atoms with Gasteiger partial charge in [0, 0.05) is 38.7 Å². The van der Waals surface area contributed by atoms with Crippen LogP contribution in [0.4, 0.5) is 5.69 Å². The fraction of sp³-hybridized carbons (Fsp3) is 0.579. The maximum absolute atomic E-state index is 12.6. The number of carbonyl (C=O) groups excluding carboxylic acids is 2. The average molecular weight is 345 g/mol. The monoisotopic (exact) mass is 345 g/mol. The Morgan fingerprint density at radius 1 is 1.28 bits per heavy atom. The van der Waals surface area contributed by atoms with Crippen LogP contribution in [0.5, 0.6) is 0 Å². The van der Waals surface area contributed by atoms with Crippen molar-refractivity contribution < 1.29 is 14.7 Å². The molecule has 6 heteroatoms. The summed E-state index contributed by atoms with van der Waals surface area (Å²) in [5.74, 6) is -0.383. The molecule has 2 saturated heterocycles. The Bertz CT molecular complexity index is 643. The van der Waals surface area contributed by atoms with Gasteiger partial charge in [-0.05, 0) is 37.5 Å². The second-order valence-corrected chi connectivity index (χ2v) is 7.10. The standard InChI is InChI=1S/C19H27N3O3/c1-13(15-6-5-7-16(10-15)21-8-3-4-9-21)20-19(25)18-11-17(24)12-22(18)14(2)23/h5-7,10,13,17-18,24H,3-4,8-9,11-12H2,1-2H3,(H,20,25)/t13-,17+,18-/m1/s1. The highest BCUT2D eigenvalue weighted by molar-refractivity contribution is 5.87. The predicted octanol–water partition coefficient (Wildman–Crippen LogP) is 1.45. The van der Waals surface area contributed by atoms with Gasteiger partial charge in [0.2, 0.25) is 11.8 Å². The summed E-state index contributed by atoms with van der Waals surface area (Å²) in [6.07, 6.45) is 2.11. The zero-order valence-electron chi connectivity index (χ0n) is 14.9. The Kier molecular flexibility index (Phi) is 5.27. The quantitative estimate of drug-likeness (QED) is 0.866. The molecule has 0 saturated carbocycles. The lowest BCUT2D eigenvalue weighted by atomic mass is 10.1. The molecule has 3 atom stereocenters. The molecule has 2 aliphatic rings. The maximum atomic E-state index is 12.6. The largest absolute Gasteiger partial charge is 0.391 e. The summed E-state index contributed by atoms with van der Waals surface area (Å²) >= 11 is 0. The van der Waals surface area contributed by atoms with Gasteiger partial charge in [0.25, 0.3) is 0 Å². The fourth-order valence-corrected chi connectivity index (χ4v) is 3.77. The second kappa shape index (κ2) is 7.44. The van der Waals surface area contributed by atoms with Crippen LogP contribution >= 0.6 is 0 Å². The van der Waals surface area contributed by atoms with Crippen LogP contribution in [-0.2, 0) is 9.59 Å². The van der Waals surface area contributed by atoms with Gasteiger partial charge in [0.05, 0.1) is 12.1 Å². The zero-order valence-corrected chi connectivity index (χ0v) is 14.9. The first kappa shape index (κ1) is 17.7. The van der Waals surface area contributed by atoms with E-state index in [4.69, 9.17) is 0 Å². The van der Waals surface area contributed by atoms with Crippen molar-refractivity contribution in [2.45, 2.75) is 51.3 Å². The molecule has 2 amide bonds. The van der Waals surface area contributed by atoms with Gasteiger partial charge < -0.3 is 20.2 Å².